The van der Waals surface area contributed by atoms with Gasteiger partial charge in [-0.25, -0.2) is 0 Å². The van der Waals surface area contributed by atoms with Crippen LogP contribution in [0.5, 0.6) is 5.75 Å². The number of rotatable bonds is 5. The normalized spacial score (nSPS) is 25.4. The molecule has 3 nitrogen and oxygen atoms in total. The van der Waals surface area contributed by atoms with Crippen LogP contribution in [0.4, 0.5) is 0 Å². The Morgan fingerprint density at radius 3 is 2.48 bits per heavy atom. The molecule has 1 aliphatic rings. The van der Waals surface area contributed by atoms with Gasteiger partial charge in [0.05, 0.1) is 13.2 Å². The number of quaternary nitrogens is 1. The Labute approximate surface area is 145 Å². The summed E-state index contributed by atoms with van der Waals surface area (Å²) in [6.45, 7) is 15.0. The molecule has 0 amide bonds. The molecule has 130 valence electrons. The zero-order valence-corrected chi connectivity index (χ0v) is 15.9. The summed E-state index contributed by atoms with van der Waals surface area (Å²) in [5.41, 5.74) is 1.20. The van der Waals surface area contributed by atoms with E-state index in [-0.39, 0.29) is 5.41 Å². The van der Waals surface area contributed by atoms with E-state index in [1.165, 1.54) is 5.56 Å². The van der Waals surface area contributed by atoms with Crippen LogP contribution in [-0.4, -0.2) is 38.4 Å². The molecule has 0 aromatic heterocycles. The average molecular weight is 341 g/mol. The second-order valence-corrected chi connectivity index (χ2v) is 8.19. The van der Waals surface area contributed by atoms with Crippen molar-refractivity contribution in [2.45, 2.75) is 58.7 Å². The Morgan fingerprint density at radius 1 is 1.22 bits per heavy atom. The summed E-state index contributed by atoms with van der Waals surface area (Å²) in [6, 6.07) is 5.92. The average Bonchev–Trinajstić information content (AvgIpc) is 2.42. The minimum absolute atomic E-state index is 0.0283. The Morgan fingerprint density at radius 2 is 1.87 bits per heavy atom. The molecule has 0 saturated carbocycles. The lowest BCUT2D eigenvalue weighted by Gasteiger charge is -2.32. The monoisotopic (exact) mass is 340 g/mol. The highest BCUT2D eigenvalue weighted by Crippen LogP contribution is 2.33. The summed E-state index contributed by atoms with van der Waals surface area (Å²) < 4.78 is 11.9. The lowest BCUT2D eigenvalue weighted by Crippen LogP contribution is -3.15. The number of ether oxygens (including phenoxy) is 2. The summed E-state index contributed by atoms with van der Waals surface area (Å²) >= 11 is 6.14. The van der Waals surface area contributed by atoms with Crippen LogP contribution in [0.2, 0.25) is 5.02 Å². The maximum Gasteiger partial charge on any atom is 0.123 e. The molecule has 1 N–H and O–H groups in total. The third kappa shape index (κ3) is 5.66. The van der Waals surface area contributed by atoms with E-state index >= 15 is 0 Å². The quantitative estimate of drug-likeness (QED) is 0.832. The Hall–Kier alpha value is -0.770. The van der Waals surface area contributed by atoms with Crippen molar-refractivity contribution in [3.63, 3.8) is 0 Å². The zero-order valence-electron chi connectivity index (χ0n) is 15.1. The molecule has 23 heavy (non-hydrogen) atoms. The zero-order chi connectivity index (χ0) is 17.0. The van der Waals surface area contributed by atoms with E-state index in [2.05, 4.69) is 34.6 Å². The summed E-state index contributed by atoms with van der Waals surface area (Å²) in [4.78, 5) is 1.62. The van der Waals surface area contributed by atoms with Crippen LogP contribution in [0.15, 0.2) is 18.2 Å². The van der Waals surface area contributed by atoms with E-state index in [1.807, 2.05) is 18.2 Å². The van der Waals surface area contributed by atoms with Gasteiger partial charge in [-0.15, -0.1) is 0 Å². The summed E-state index contributed by atoms with van der Waals surface area (Å²) in [5, 5.41) is 0.767. The molecule has 2 atom stereocenters. The lowest BCUT2D eigenvalue weighted by atomic mass is 9.86. The summed E-state index contributed by atoms with van der Waals surface area (Å²) in [5.74, 6) is 0.959. The van der Waals surface area contributed by atoms with Crippen molar-refractivity contribution in [2.24, 2.45) is 0 Å². The summed E-state index contributed by atoms with van der Waals surface area (Å²) in [6.07, 6.45) is 1.78. The fourth-order valence-electron chi connectivity index (χ4n) is 3.31. The van der Waals surface area contributed by atoms with Gasteiger partial charge in [0.25, 0.3) is 0 Å². The Bertz CT molecular complexity index is 503. The second kappa shape index (κ2) is 7.87. The van der Waals surface area contributed by atoms with Crippen molar-refractivity contribution < 1.29 is 14.4 Å². The van der Waals surface area contributed by atoms with Crippen molar-refractivity contribution >= 4 is 11.6 Å². The maximum atomic E-state index is 6.14. The van der Waals surface area contributed by atoms with Gasteiger partial charge >= 0.3 is 0 Å². The van der Waals surface area contributed by atoms with Crippen molar-refractivity contribution in [1.82, 2.24) is 0 Å². The molecule has 0 radical (unpaired) electrons. The first-order valence-corrected chi connectivity index (χ1v) is 9.05. The number of nitrogens with one attached hydrogen (secondary N) is 1. The first-order valence-electron chi connectivity index (χ1n) is 8.67. The third-order valence-corrected chi connectivity index (χ3v) is 4.53. The number of hydrogen-bond acceptors (Lipinski definition) is 2. The molecule has 0 spiro atoms. The molecule has 1 aliphatic heterocycles. The fraction of sp³-hybridized carbons (Fsp3) is 0.684. The molecule has 0 unspecified atom stereocenters. The Balaban J connectivity index is 1.85. The molecule has 1 aromatic rings. The smallest absolute Gasteiger partial charge is 0.123 e. The first-order chi connectivity index (χ1) is 10.8. The van der Waals surface area contributed by atoms with E-state index in [0.717, 1.165) is 43.4 Å². The van der Waals surface area contributed by atoms with Crippen LogP contribution in [0.25, 0.3) is 0 Å². The molecule has 1 aromatic carbocycles. The predicted octanol–water partition coefficient (Wildman–Crippen LogP) is 3.10. The number of benzene rings is 1. The molecule has 2 rings (SSSR count). The third-order valence-electron chi connectivity index (χ3n) is 4.30. The molecule has 0 aliphatic carbocycles. The van der Waals surface area contributed by atoms with Gasteiger partial charge < -0.3 is 14.4 Å². The molecule has 4 heteroatoms. The minimum atomic E-state index is 0.0283. The highest BCUT2D eigenvalue weighted by molar-refractivity contribution is 6.30. The van der Waals surface area contributed by atoms with Gasteiger partial charge in [0, 0.05) is 17.0 Å². The standard InChI is InChI=1S/C19H30ClNO2/c1-14-12-21(13-15(2)23-14)9-6-10-22-18-8-7-16(20)11-17(18)19(3,4)5/h7-8,11,14-15H,6,9-10,12-13H2,1-5H3/p+1/t14-,15-/m1/s1. The minimum Gasteiger partial charge on any atom is -0.493 e. The van der Waals surface area contributed by atoms with E-state index in [4.69, 9.17) is 21.1 Å². The maximum absolute atomic E-state index is 6.14. The van der Waals surface area contributed by atoms with Crippen LogP contribution < -0.4 is 9.64 Å². The summed E-state index contributed by atoms with van der Waals surface area (Å²) in [7, 11) is 0. The van der Waals surface area contributed by atoms with Crippen LogP contribution in [-0.2, 0) is 10.2 Å². The van der Waals surface area contributed by atoms with Crippen LogP contribution in [0, 0.1) is 0 Å². The first kappa shape index (κ1) is 18.6. The van der Waals surface area contributed by atoms with Crippen molar-refractivity contribution in [1.29, 1.82) is 0 Å². The highest BCUT2D eigenvalue weighted by atomic mass is 35.5. The van der Waals surface area contributed by atoms with Crippen molar-refractivity contribution in [2.75, 3.05) is 26.2 Å². The number of morpholine rings is 1. The number of hydrogen-bond donors (Lipinski definition) is 1. The van der Waals surface area contributed by atoms with E-state index in [9.17, 15) is 0 Å². The van der Waals surface area contributed by atoms with Gasteiger partial charge in [-0.05, 0) is 37.5 Å². The molecule has 1 fully saturated rings. The molecule has 1 saturated heterocycles. The molecular formula is C19H31ClNO2+. The highest BCUT2D eigenvalue weighted by Gasteiger charge is 2.25. The van der Waals surface area contributed by atoms with E-state index in [1.54, 1.807) is 4.90 Å². The molecule has 0 bridgehead atoms. The van der Waals surface area contributed by atoms with Gasteiger partial charge in [0.2, 0.25) is 0 Å². The SMILES string of the molecule is C[C@@H]1C[NH+](CCCOc2ccc(Cl)cc2C(C)(C)C)C[C@@H](C)O1. The Kier molecular flexibility index (Phi) is 6.35. The largest absolute Gasteiger partial charge is 0.493 e. The molecular weight excluding hydrogens is 310 g/mol. The predicted molar refractivity (Wildman–Crippen MR) is 95.8 cm³/mol. The topological polar surface area (TPSA) is 22.9 Å². The van der Waals surface area contributed by atoms with Crippen LogP contribution >= 0.6 is 11.6 Å². The van der Waals surface area contributed by atoms with Gasteiger partial charge in [0.15, 0.2) is 0 Å². The van der Waals surface area contributed by atoms with Crippen molar-refractivity contribution in [3.05, 3.63) is 28.8 Å². The van der Waals surface area contributed by atoms with Gasteiger partial charge in [0.1, 0.15) is 31.0 Å². The van der Waals surface area contributed by atoms with E-state index < -0.39 is 0 Å². The van der Waals surface area contributed by atoms with Gasteiger partial charge in [-0.2, -0.15) is 0 Å². The number of halogens is 1. The van der Waals surface area contributed by atoms with Crippen LogP contribution in [0.3, 0.4) is 0 Å². The lowest BCUT2D eigenvalue weighted by molar-refractivity contribution is -0.915. The van der Waals surface area contributed by atoms with E-state index in [0.29, 0.717) is 12.2 Å². The van der Waals surface area contributed by atoms with Gasteiger partial charge in [-0.3, -0.25) is 0 Å². The van der Waals surface area contributed by atoms with Crippen LogP contribution in [0.1, 0.15) is 46.6 Å². The second-order valence-electron chi connectivity index (χ2n) is 7.76. The molecule has 1 heterocycles. The fourth-order valence-corrected chi connectivity index (χ4v) is 3.48. The van der Waals surface area contributed by atoms with Gasteiger partial charge in [-0.1, -0.05) is 32.4 Å². The van der Waals surface area contributed by atoms with Crippen molar-refractivity contribution in [3.8, 4) is 5.75 Å².